The van der Waals surface area contributed by atoms with Gasteiger partial charge in [-0.1, -0.05) is 42.1 Å². The van der Waals surface area contributed by atoms with Gasteiger partial charge in [-0.15, -0.1) is 11.3 Å². The Balaban J connectivity index is 1.33. The molecule has 0 fully saturated rings. The fraction of sp³-hybridized carbons (Fsp3) is 0.200. The van der Waals surface area contributed by atoms with Crippen LogP contribution >= 0.6 is 23.1 Å². The number of para-hydroxylation sites is 1. The van der Waals surface area contributed by atoms with E-state index in [1.165, 1.54) is 22.9 Å². The maximum Gasteiger partial charge on any atom is 0.237 e. The SMILES string of the molecule is Cc1ccc2cc3c(nc2c1)sc1c(SCC(=O)N2CCCc4ccccc42)ncnc13. The van der Waals surface area contributed by atoms with Gasteiger partial charge in [0.1, 0.15) is 16.2 Å². The normalized spacial score (nSPS) is 13.7. The van der Waals surface area contributed by atoms with E-state index in [-0.39, 0.29) is 5.91 Å². The molecule has 0 aliphatic carbocycles. The summed E-state index contributed by atoms with van der Waals surface area (Å²) in [7, 11) is 0. The molecule has 3 aromatic heterocycles. The van der Waals surface area contributed by atoms with Crippen molar-refractivity contribution in [2.45, 2.75) is 24.8 Å². The lowest BCUT2D eigenvalue weighted by Crippen LogP contribution is -2.36. The summed E-state index contributed by atoms with van der Waals surface area (Å²) in [5, 5.41) is 2.99. The molecule has 5 aromatic rings. The number of anilines is 1. The Labute approximate surface area is 193 Å². The third-order valence-electron chi connectivity index (χ3n) is 5.91. The number of carbonyl (C=O) groups is 1. The molecule has 2 aromatic carbocycles. The molecular weight excluding hydrogens is 436 g/mol. The number of amides is 1. The molecule has 0 N–H and O–H groups in total. The second kappa shape index (κ2) is 7.83. The van der Waals surface area contributed by atoms with Gasteiger partial charge in [0.25, 0.3) is 0 Å². The number of nitrogens with zero attached hydrogens (tertiary/aromatic N) is 4. The predicted octanol–water partition coefficient (Wildman–Crippen LogP) is 5.77. The van der Waals surface area contributed by atoms with E-state index in [9.17, 15) is 4.79 Å². The Morgan fingerprint density at radius 2 is 2.06 bits per heavy atom. The van der Waals surface area contributed by atoms with Crippen molar-refractivity contribution in [2.24, 2.45) is 0 Å². The van der Waals surface area contributed by atoms with Crippen molar-refractivity contribution in [1.82, 2.24) is 15.0 Å². The molecule has 6 rings (SSSR count). The third kappa shape index (κ3) is 3.32. The van der Waals surface area contributed by atoms with E-state index in [1.54, 1.807) is 17.7 Å². The molecule has 1 aliphatic rings. The lowest BCUT2D eigenvalue weighted by atomic mass is 10.0. The van der Waals surface area contributed by atoms with Crippen LogP contribution in [0.25, 0.3) is 31.3 Å². The first kappa shape index (κ1) is 19.6. The van der Waals surface area contributed by atoms with Crippen LogP contribution in [0, 0.1) is 6.92 Å². The second-order valence-corrected chi connectivity index (χ2v) is 10.0. The van der Waals surface area contributed by atoms with E-state index in [0.29, 0.717) is 5.75 Å². The minimum absolute atomic E-state index is 0.120. The van der Waals surface area contributed by atoms with Crippen LogP contribution in [-0.2, 0) is 11.2 Å². The fourth-order valence-electron chi connectivity index (χ4n) is 4.35. The van der Waals surface area contributed by atoms with Gasteiger partial charge in [0.15, 0.2) is 0 Å². The highest BCUT2D eigenvalue weighted by Crippen LogP contribution is 2.38. The number of fused-ring (bicyclic) bond motifs is 5. The Morgan fingerprint density at radius 1 is 1.16 bits per heavy atom. The average molecular weight is 457 g/mol. The van der Waals surface area contributed by atoms with E-state index < -0.39 is 0 Å². The minimum Gasteiger partial charge on any atom is -0.311 e. The summed E-state index contributed by atoms with van der Waals surface area (Å²) < 4.78 is 0.999. The molecule has 1 aliphatic heterocycles. The van der Waals surface area contributed by atoms with Crippen molar-refractivity contribution in [3.8, 4) is 0 Å². The molecule has 1 amide bonds. The predicted molar refractivity (Wildman–Crippen MR) is 133 cm³/mol. The van der Waals surface area contributed by atoms with E-state index in [1.807, 2.05) is 23.1 Å². The number of rotatable bonds is 3. The van der Waals surface area contributed by atoms with Crippen molar-refractivity contribution in [2.75, 3.05) is 17.2 Å². The van der Waals surface area contributed by atoms with Crippen molar-refractivity contribution in [3.05, 3.63) is 66.0 Å². The van der Waals surface area contributed by atoms with Crippen LogP contribution in [-0.4, -0.2) is 33.2 Å². The number of aryl methyl sites for hydroxylation is 2. The van der Waals surface area contributed by atoms with Gasteiger partial charge in [0, 0.05) is 23.0 Å². The van der Waals surface area contributed by atoms with Crippen LogP contribution < -0.4 is 4.90 Å². The zero-order valence-corrected chi connectivity index (χ0v) is 19.2. The average Bonchev–Trinajstić information content (AvgIpc) is 3.18. The molecule has 0 saturated heterocycles. The van der Waals surface area contributed by atoms with Crippen LogP contribution in [0.15, 0.2) is 59.9 Å². The number of hydrogen-bond acceptors (Lipinski definition) is 6. The topological polar surface area (TPSA) is 59.0 Å². The highest BCUT2D eigenvalue weighted by molar-refractivity contribution is 8.00. The van der Waals surface area contributed by atoms with E-state index in [0.717, 1.165) is 61.4 Å². The number of pyridine rings is 1. The summed E-state index contributed by atoms with van der Waals surface area (Å²) in [5.41, 5.74) is 5.39. The van der Waals surface area contributed by atoms with Crippen LogP contribution in [0.2, 0.25) is 0 Å². The number of thiophene rings is 1. The van der Waals surface area contributed by atoms with Gasteiger partial charge in [0.05, 0.1) is 21.5 Å². The summed E-state index contributed by atoms with van der Waals surface area (Å²) in [6.45, 7) is 2.85. The van der Waals surface area contributed by atoms with Crippen molar-refractivity contribution >= 4 is 66.0 Å². The summed E-state index contributed by atoms with van der Waals surface area (Å²) in [6, 6.07) is 16.7. The standard InChI is InChI=1S/C25H20N4OS2/c1-15-8-9-17-12-18-22-23(32-24(18)28-19(17)11-15)25(27-14-26-22)31-13-21(30)29-10-4-6-16-5-2-3-7-20(16)29/h2-3,5,7-9,11-12,14H,4,6,10,13H2,1H3. The molecular formula is C25H20N4OS2. The van der Waals surface area contributed by atoms with Crippen LogP contribution in [0.4, 0.5) is 5.69 Å². The van der Waals surface area contributed by atoms with Gasteiger partial charge in [-0.2, -0.15) is 0 Å². The lowest BCUT2D eigenvalue weighted by molar-refractivity contribution is -0.116. The minimum atomic E-state index is 0.120. The Hall–Kier alpha value is -3.03. The maximum atomic E-state index is 13.1. The molecule has 32 heavy (non-hydrogen) atoms. The van der Waals surface area contributed by atoms with Crippen molar-refractivity contribution in [1.29, 1.82) is 0 Å². The molecule has 7 heteroatoms. The molecule has 158 valence electrons. The van der Waals surface area contributed by atoms with Crippen molar-refractivity contribution < 1.29 is 4.79 Å². The van der Waals surface area contributed by atoms with E-state index >= 15 is 0 Å². The number of carbonyl (C=O) groups excluding carboxylic acids is 1. The zero-order chi connectivity index (χ0) is 21.7. The third-order valence-corrected chi connectivity index (χ3v) is 8.11. The highest BCUT2D eigenvalue weighted by atomic mass is 32.2. The van der Waals surface area contributed by atoms with E-state index in [4.69, 9.17) is 4.98 Å². The monoisotopic (exact) mass is 456 g/mol. The number of thioether (sulfide) groups is 1. The molecule has 0 unspecified atom stereocenters. The molecule has 0 atom stereocenters. The number of hydrogen-bond donors (Lipinski definition) is 0. The van der Waals surface area contributed by atoms with E-state index in [2.05, 4.69) is 47.2 Å². The quantitative estimate of drug-likeness (QED) is 0.255. The first-order valence-corrected chi connectivity index (χ1v) is 12.4. The summed E-state index contributed by atoms with van der Waals surface area (Å²) >= 11 is 3.09. The maximum absolute atomic E-state index is 13.1. The fourth-order valence-corrected chi connectivity index (χ4v) is 6.42. The van der Waals surface area contributed by atoms with Crippen LogP contribution in [0.5, 0.6) is 0 Å². The first-order valence-electron chi connectivity index (χ1n) is 10.6. The largest absolute Gasteiger partial charge is 0.311 e. The molecule has 0 spiro atoms. The molecule has 4 heterocycles. The summed E-state index contributed by atoms with van der Waals surface area (Å²) in [6.07, 6.45) is 3.62. The van der Waals surface area contributed by atoms with Gasteiger partial charge in [-0.3, -0.25) is 4.79 Å². The van der Waals surface area contributed by atoms with Gasteiger partial charge < -0.3 is 4.90 Å². The van der Waals surface area contributed by atoms with Gasteiger partial charge >= 0.3 is 0 Å². The Morgan fingerprint density at radius 3 is 3.00 bits per heavy atom. The second-order valence-electron chi connectivity index (χ2n) is 8.06. The van der Waals surface area contributed by atoms with Crippen LogP contribution in [0.1, 0.15) is 17.5 Å². The van der Waals surface area contributed by atoms with Gasteiger partial charge in [-0.05, 0) is 49.1 Å². The summed E-state index contributed by atoms with van der Waals surface area (Å²) in [4.78, 5) is 29.9. The number of benzene rings is 2. The van der Waals surface area contributed by atoms with Gasteiger partial charge in [0.2, 0.25) is 5.91 Å². The Bertz CT molecular complexity index is 1510. The van der Waals surface area contributed by atoms with Gasteiger partial charge in [-0.25, -0.2) is 15.0 Å². The molecule has 0 bridgehead atoms. The molecule has 0 radical (unpaired) electrons. The van der Waals surface area contributed by atoms with Crippen molar-refractivity contribution in [3.63, 3.8) is 0 Å². The van der Waals surface area contributed by atoms with Crippen LogP contribution in [0.3, 0.4) is 0 Å². The Kier molecular flexibility index (Phi) is 4.81. The summed E-state index contributed by atoms with van der Waals surface area (Å²) in [5.74, 6) is 0.470. The molecule has 0 saturated carbocycles. The zero-order valence-electron chi connectivity index (χ0n) is 17.5. The molecule has 5 nitrogen and oxygen atoms in total. The smallest absolute Gasteiger partial charge is 0.237 e. The lowest BCUT2D eigenvalue weighted by Gasteiger charge is -2.29. The number of aromatic nitrogens is 3. The highest BCUT2D eigenvalue weighted by Gasteiger charge is 2.23. The first-order chi connectivity index (χ1) is 15.7.